The van der Waals surface area contributed by atoms with Gasteiger partial charge in [-0.1, -0.05) is 24.3 Å². The third-order valence-corrected chi connectivity index (χ3v) is 3.39. The Morgan fingerprint density at radius 1 is 1.15 bits per heavy atom. The molecule has 0 saturated carbocycles. The summed E-state index contributed by atoms with van der Waals surface area (Å²) in [7, 11) is 0. The second kappa shape index (κ2) is 5.02. The minimum absolute atomic E-state index is 0.332. The van der Waals surface area contributed by atoms with Crippen molar-refractivity contribution in [2.75, 3.05) is 0 Å². The first-order valence-corrected chi connectivity index (χ1v) is 6.43. The fourth-order valence-electron chi connectivity index (χ4n) is 2.49. The van der Waals surface area contributed by atoms with Crippen molar-refractivity contribution in [2.24, 2.45) is 0 Å². The van der Waals surface area contributed by atoms with Crippen LogP contribution in [-0.4, -0.2) is 10.1 Å². The minimum Gasteiger partial charge on any atom is -0.384 e. The van der Waals surface area contributed by atoms with Crippen molar-refractivity contribution in [3.05, 3.63) is 77.4 Å². The third-order valence-electron chi connectivity index (χ3n) is 3.39. The van der Waals surface area contributed by atoms with Crippen molar-refractivity contribution < 1.29 is 9.50 Å². The Kier molecular flexibility index (Phi) is 3.20. The Labute approximate surface area is 116 Å². The first kappa shape index (κ1) is 12.8. The van der Waals surface area contributed by atoms with Gasteiger partial charge in [-0.2, -0.15) is 0 Å². The molecule has 0 amide bonds. The Bertz CT molecular complexity index is 744. The second-order valence-electron chi connectivity index (χ2n) is 4.91. The van der Waals surface area contributed by atoms with Gasteiger partial charge in [-0.05, 0) is 47.2 Å². The molecule has 2 aromatic carbocycles. The summed E-state index contributed by atoms with van der Waals surface area (Å²) in [5.74, 6) is -0.332. The molecule has 0 fully saturated rings. The molecule has 0 radical (unpaired) electrons. The summed E-state index contributed by atoms with van der Waals surface area (Å²) in [5, 5.41) is 12.4. The Balaban J connectivity index is 2.15. The molecule has 1 heterocycles. The highest BCUT2D eigenvalue weighted by atomic mass is 19.1. The molecule has 1 atom stereocenters. The number of aliphatic hydroxyl groups excluding tert-OH is 1. The number of hydrogen-bond acceptors (Lipinski definition) is 2. The van der Waals surface area contributed by atoms with Gasteiger partial charge in [-0.25, -0.2) is 4.39 Å². The van der Waals surface area contributed by atoms with E-state index in [9.17, 15) is 9.50 Å². The molecule has 0 aliphatic rings. The van der Waals surface area contributed by atoms with Crippen LogP contribution in [0.25, 0.3) is 10.8 Å². The molecule has 0 aliphatic carbocycles. The second-order valence-corrected chi connectivity index (χ2v) is 4.91. The molecule has 1 unspecified atom stereocenters. The smallest absolute Gasteiger partial charge is 0.123 e. The van der Waals surface area contributed by atoms with Crippen molar-refractivity contribution in [3.63, 3.8) is 0 Å². The van der Waals surface area contributed by atoms with Crippen molar-refractivity contribution in [2.45, 2.75) is 13.0 Å². The minimum atomic E-state index is -0.851. The Morgan fingerprint density at radius 3 is 2.80 bits per heavy atom. The lowest BCUT2D eigenvalue weighted by Crippen LogP contribution is -2.02. The lowest BCUT2D eigenvalue weighted by atomic mass is 9.96. The van der Waals surface area contributed by atoms with Gasteiger partial charge in [-0.15, -0.1) is 0 Å². The van der Waals surface area contributed by atoms with E-state index in [1.165, 1.54) is 12.1 Å². The van der Waals surface area contributed by atoms with Gasteiger partial charge < -0.3 is 5.11 Å². The zero-order valence-corrected chi connectivity index (χ0v) is 11.0. The van der Waals surface area contributed by atoms with E-state index in [2.05, 4.69) is 4.98 Å². The van der Waals surface area contributed by atoms with Gasteiger partial charge >= 0.3 is 0 Å². The van der Waals surface area contributed by atoms with Gasteiger partial charge in [0.15, 0.2) is 0 Å². The van der Waals surface area contributed by atoms with Gasteiger partial charge in [0, 0.05) is 17.8 Å². The van der Waals surface area contributed by atoms with Crippen LogP contribution in [0.4, 0.5) is 4.39 Å². The fraction of sp³-hybridized carbons (Fsp3) is 0.118. The molecule has 2 nitrogen and oxygen atoms in total. The molecule has 3 rings (SSSR count). The average molecular weight is 267 g/mol. The topological polar surface area (TPSA) is 33.1 Å². The number of halogens is 1. The molecule has 3 heteroatoms. The molecule has 0 spiro atoms. The van der Waals surface area contributed by atoms with Crippen LogP contribution in [-0.2, 0) is 0 Å². The van der Waals surface area contributed by atoms with Crippen LogP contribution in [0.5, 0.6) is 0 Å². The first-order chi connectivity index (χ1) is 9.65. The summed E-state index contributed by atoms with van der Waals surface area (Å²) in [6.45, 7) is 1.81. The molecular weight excluding hydrogens is 253 g/mol. The molecule has 20 heavy (non-hydrogen) atoms. The number of benzene rings is 2. The Hall–Kier alpha value is -2.26. The highest BCUT2D eigenvalue weighted by molar-refractivity contribution is 5.85. The highest BCUT2D eigenvalue weighted by Crippen LogP contribution is 2.29. The largest absolute Gasteiger partial charge is 0.384 e. The van der Waals surface area contributed by atoms with E-state index < -0.39 is 6.10 Å². The summed E-state index contributed by atoms with van der Waals surface area (Å²) < 4.78 is 13.5. The maximum absolute atomic E-state index is 13.5. The zero-order chi connectivity index (χ0) is 14.1. The number of fused-ring (bicyclic) bond motifs is 1. The van der Waals surface area contributed by atoms with E-state index in [1.54, 1.807) is 18.5 Å². The Morgan fingerprint density at radius 2 is 2.00 bits per heavy atom. The molecule has 1 N–H and O–H groups in total. The van der Waals surface area contributed by atoms with Crippen molar-refractivity contribution >= 4 is 10.8 Å². The van der Waals surface area contributed by atoms with E-state index in [-0.39, 0.29) is 5.82 Å². The van der Waals surface area contributed by atoms with E-state index in [0.717, 1.165) is 21.9 Å². The van der Waals surface area contributed by atoms with Crippen LogP contribution in [0.2, 0.25) is 0 Å². The summed E-state index contributed by atoms with van der Waals surface area (Å²) in [5.41, 5.74) is 2.11. The number of hydrogen-bond donors (Lipinski definition) is 1. The molecule has 0 aliphatic heterocycles. The van der Waals surface area contributed by atoms with Gasteiger partial charge in [0.2, 0.25) is 0 Å². The number of rotatable bonds is 2. The number of nitrogens with zero attached hydrogens (tertiary/aromatic N) is 1. The van der Waals surface area contributed by atoms with Crippen LogP contribution in [0.15, 0.2) is 54.9 Å². The molecule has 3 aromatic rings. The van der Waals surface area contributed by atoms with Gasteiger partial charge in [0.05, 0.1) is 0 Å². The highest BCUT2D eigenvalue weighted by Gasteiger charge is 2.14. The summed E-state index contributed by atoms with van der Waals surface area (Å²) in [4.78, 5) is 4.07. The number of aryl methyl sites for hydroxylation is 1. The van der Waals surface area contributed by atoms with E-state index >= 15 is 0 Å². The van der Waals surface area contributed by atoms with Crippen LogP contribution in [0, 0.1) is 12.7 Å². The van der Waals surface area contributed by atoms with E-state index in [1.807, 2.05) is 31.2 Å². The first-order valence-electron chi connectivity index (χ1n) is 6.43. The van der Waals surface area contributed by atoms with Crippen LogP contribution in [0.1, 0.15) is 22.8 Å². The number of aromatic nitrogens is 1. The monoisotopic (exact) mass is 267 g/mol. The zero-order valence-electron chi connectivity index (χ0n) is 11.0. The van der Waals surface area contributed by atoms with Crippen molar-refractivity contribution in [1.29, 1.82) is 0 Å². The van der Waals surface area contributed by atoms with Gasteiger partial charge in [-0.3, -0.25) is 4.98 Å². The van der Waals surface area contributed by atoms with Crippen LogP contribution in [0.3, 0.4) is 0 Å². The average Bonchev–Trinajstić information content (AvgIpc) is 2.45. The van der Waals surface area contributed by atoms with Crippen LogP contribution < -0.4 is 0 Å². The molecule has 100 valence electrons. The standard InChI is InChI=1S/C17H14FNO/c1-11-7-13(9-14(18)8-11)17(20)16-4-2-3-12-10-19-6-5-15(12)16/h2-10,17,20H,1H3. The number of pyridine rings is 1. The van der Waals surface area contributed by atoms with Crippen LogP contribution >= 0.6 is 0 Å². The predicted molar refractivity (Wildman–Crippen MR) is 76.9 cm³/mol. The summed E-state index contributed by atoms with van der Waals surface area (Å²) >= 11 is 0. The van der Waals surface area contributed by atoms with Crippen molar-refractivity contribution in [1.82, 2.24) is 4.98 Å². The molecule has 1 aromatic heterocycles. The summed E-state index contributed by atoms with van der Waals surface area (Å²) in [6.07, 6.45) is 2.59. The predicted octanol–water partition coefficient (Wildman–Crippen LogP) is 3.76. The SMILES string of the molecule is Cc1cc(F)cc(C(O)c2cccc3cnccc23)c1. The maximum atomic E-state index is 13.5. The quantitative estimate of drug-likeness (QED) is 0.766. The number of aliphatic hydroxyl groups is 1. The van der Waals surface area contributed by atoms with E-state index in [0.29, 0.717) is 5.56 Å². The normalized spacial score (nSPS) is 12.6. The van der Waals surface area contributed by atoms with E-state index in [4.69, 9.17) is 0 Å². The molecule has 0 bridgehead atoms. The lowest BCUT2D eigenvalue weighted by Gasteiger charge is -2.15. The maximum Gasteiger partial charge on any atom is 0.123 e. The summed E-state index contributed by atoms with van der Waals surface area (Å²) in [6, 6.07) is 12.1. The molecule has 0 saturated heterocycles. The third kappa shape index (κ3) is 2.28. The van der Waals surface area contributed by atoms with Gasteiger partial charge in [0.25, 0.3) is 0 Å². The fourth-order valence-corrected chi connectivity index (χ4v) is 2.49. The lowest BCUT2D eigenvalue weighted by molar-refractivity contribution is 0.221. The molecular formula is C17H14FNO. The van der Waals surface area contributed by atoms with Crippen molar-refractivity contribution in [3.8, 4) is 0 Å². The van der Waals surface area contributed by atoms with Gasteiger partial charge in [0.1, 0.15) is 11.9 Å².